The van der Waals surface area contributed by atoms with E-state index in [-0.39, 0.29) is 10.8 Å². The molecule has 0 bridgehead atoms. The largest absolute Gasteiger partial charge is 0.486 e. The molecular weight excluding hydrogens is 430 g/mol. The lowest BCUT2D eigenvalue weighted by molar-refractivity contribution is -0.116. The monoisotopic (exact) mass is 455 g/mol. The lowest BCUT2D eigenvalue weighted by Gasteiger charge is -2.18. The second-order valence-electron chi connectivity index (χ2n) is 7.47. The zero-order valence-electron chi connectivity index (χ0n) is 17.5. The number of hydrogen-bond acceptors (Lipinski definition) is 6. The normalized spacial score (nSPS) is 13.1. The Morgan fingerprint density at radius 3 is 2.69 bits per heavy atom. The molecule has 0 atom stereocenters. The van der Waals surface area contributed by atoms with Gasteiger partial charge < -0.3 is 14.8 Å². The van der Waals surface area contributed by atoms with Crippen LogP contribution in [0.25, 0.3) is 10.9 Å². The molecule has 0 aliphatic carbocycles. The number of unbranched alkanes of at least 4 members (excludes halogenated alkanes) is 2. The molecule has 0 saturated heterocycles. The SMILES string of the molecule is O=C(CCCCCNS(=O)(=O)c1ccc2c(c1)OCCO2)Nc1ccc2ncccc2c1. The van der Waals surface area contributed by atoms with E-state index in [4.69, 9.17) is 9.47 Å². The lowest BCUT2D eigenvalue weighted by atomic mass is 10.1. The van der Waals surface area contributed by atoms with Crippen LogP contribution in [0, 0.1) is 0 Å². The zero-order chi connectivity index (χ0) is 22.4. The summed E-state index contributed by atoms with van der Waals surface area (Å²) in [6.45, 7) is 1.15. The van der Waals surface area contributed by atoms with Gasteiger partial charge in [-0.1, -0.05) is 12.5 Å². The van der Waals surface area contributed by atoms with Crippen LogP contribution in [0.3, 0.4) is 0 Å². The van der Waals surface area contributed by atoms with Crippen molar-refractivity contribution in [2.24, 2.45) is 0 Å². The van der Waals surface area contributed by atoms with Gasteiger partial charge in [-0.25, -0.2) is 13.1 Å². The highest BCUT2D eigenvalue weighted by molar-refractivity contribution is 7.89. The first-order valence-electron chi connectivity index (χ1n) is 10.6. The van der Waals surface area contributed by atoms with E-state index >= 15 is 0 Å². The Bertz CT molecular complexity index is 1210. The van der Waals surface area contributed by atoms with Gasteiger partial charge in [0.2, 0.25) is 15.9 Å². The van der Waals surface area contributed by atoms with Crippen molar-refractivity contribution in [2.75, 3.05) is 25.1 Å². The average Bonchev–Trinajstić information content (AvgIpc) is 2.81. The minimum atomic E-state index is -3.63. The van der Waals surface area contributed by atoms with Gasteiger partial charge in [0.05, 0.1) is 10.4 Å². The fourth-order valence-electron chi connectivity index (χ4n) is 3.44. The number of aromatic nitrogens is 1. The van der Waals surface area contributed by atoms with E-state index in [2.05, 4.69) is 15.0 Å². The summed E-state index contributed by atoms with van der Waals surface area (Å²) in [6, 6.07) is 14.0. The quantitative estimate of drug-likeness (QED) is 0.479. The Morgan fingerprint density at radius 1 is 0.969 bits per heavy atom. The summed E-state index contributed by atoms with van der Waals surface area (Å²) in [5.41, 5.74) is 1.62. The molecule has 1 aromatic heterocycles. The van der Waals surface area contributed by atoms with Gasteiger partial charge in [-0.15, -0.1) is 0 Å². The standard InChI is InChI=1S/C23H25N3O5S/c27-23(26-18-7-9-20-17(15-18)5-4-11-24-20)6-2-1-3-12-25-32(28,29)19-8-10-21-22(16-19)31-14-13-30-21/h4-5,7-11,15-16,25H,1-3,6,12-14H2,(H,26,27). The van der Waals surface area contributed by atoms with Gasteiger partial charge >= 0.3 is 0 Å². The highest BCUT2D eigenvalue weighted by Crippen LogP contribution is 2.32. The van der Waals surface area contributed by atoms with Crippen molar-refractivity contribution in [2.45, 2.75) is 30.6 Å². The summed E-state index contributed by atoms with van der Waals surface area (Å²) in [4.78, 5) is 16.6. The van der Waals surface area contributed by atoms with E-state index in [1.54, 1.807) is 12.3 Å². The first kappa shape index (κ1) is 22.0. The van der Waals surface area contributed by atoms with E-state index in [9.17, 15) is 13.2 Å². The van der Waals surface area contributed by atoms with Crippen LogP contribution in [-0.2, 0) is 14.8 Å². The highest BCUT2D eigenvalue weighted by Gasteiger charge is 2.18. The molecule has 32 heavy (non-hydrogen) atoms. The Hall–Kier alpha value is -3.17. The van der Waals surface area contributed by atoms with Crippen molar-refractivity contribution in [1.29, 1.82) is 0 Å². The second kappa shape index (κ2) is 9.97. The Balaban J connectivity index is 1.18. The topological polar surface area (TPSA) is 107 Å². The highest BCUT2D eigenvalue weighted by atomic mass is 32.2. The van der Waals surface area contributed by atoms with Crippen molar-refractivity contribution >= 4 is 32.5 Å². The molecule has 0 saturated carbocycles. The van der Waals surface area contributed by atoms with Crippen LogP contribution in [0.4, 0.5) is 5.69 Å². The molecule has 0 unspecified atom stereocenters. The number of benzene rings is 2. The third-order valence-electron chi connectivity index (χ3n) is 5.08. The predicted molar refractivity (Wildman–Crippen MR) is 121 cm³/mol. The minimum Gasteiger partial charge on any atom is -0.486 e. The van der Waals surface area contributed by atoms with Gasteiger partial charge in [-0.2, -0.15) is 0 Å². The number of amides is 1. The molecule has 0 fully saturated rings. The molecule has 9 heteroatoms. The Morgan fingerprint density at radius 2 is 1.81 bits per heavy atom. The molecule has 1 aliphatic rings. The summed E-state index contributed by atoms with van der Waals surface area (Å²) < 4.78 is 38.4. The molecule has 2 N–H and O–H groups in total. The van der Waals surface area contributed by atoms with Crippen LogP contribution in [0.15, 0.2) is 59.6 Å². The zero-order valence-corrected chi connectivity index (χ0v) is 18.4. The minimum absolute atomic E-state index is 0.0647. The number of carbonyl (C=O) groups excluding carboxylic acids is 1. The van der Waals surface area contributed by atoms with E-state index in [0.29, 0.717) is 50.5 Å². The number of fused-ring (bicyclic) bond motifs is 2. The van der Waals surface area contributed by atoms with Gasteiger partial charge in [0.25, 0.3) is 0 Å². The van der Waals surface area contributed by atoms with Crippen molar-refractivity contribution < 1.29 is 22.7 Å². The van der Waals surface area contributed by atoms with E-state index in [1.807, 2.05) is 30.3 Å². The summed E-state index contributed by atoms with van der Waals surface area (Å²) >= 11 is 0. The van der Waals surface area contributed by atoms with Crippen LogP contribution in [0.2, 0.25) is 0 Å². The number of nitrogens with one attached hydrogen (secondary N) is 2. The van der Waals surface area contributed by atoms with Gasteiger partial charge in [-0.05, 0) is 49.2 Å². The fraction of sp³-hybridized carbons (Fsp3) is 0.304. The van der Waals surface area contributed by atoms with Crippen LogP contribution in [0.1, 0.15) is 25.7 Å². The lowest BCUT2D eigenvalue weighted by Crippen LogP contribution is -2.25. The molecule has 0 radical (unpaired) electrons. The maximum atomic E-state index is 12.5. The average molecular weight is 456 g/mol. The van der Waals surface area contributed by atoms with Crippen LogP contribution in [-0.4, -0.2) is 39.1 Å². The van der Waals surface area contributed by atoms with Gasteiger partial charge in [0, 0.05) is 36.3 Å². The maximum Gasteiger partial charge on any atom is 0.240 e. The van der Waals surface area contributed by atoms with Gasteiger partial charge in [-0.3, -0.25) is 9.78 Å². The first-order valence-corrected chi connectivity index (χ1v) is 12.0. The van der Waals surface area contributed by atoms with Crippen LogP contribution >= 0.6 is 0 Å². The van der Waals surface area contributed by atoms with E-state index in [1.165, 1.54) is 12.1 Å². The smallest absolute Gasteiger partial charge is 0.240 e. The molecule has 168 valence electrons. The van der Waals surface area contributed by atoms with Gasteiger partial charge in [0.15, 0.2) is 11.5 Å². The van der Waals surface area contributed by atoms with Crippen molar-refractivity contribution in [3.05, 3.63) is 54.7 Å². The Labute approximate surface area is 187 Å². The van der Waals surface area contributed by atoms with Crippen molar-refractivity contribution in [3.63, 3.8) is 0 Å². The number of ether oxygens (including phenoxy) is 2. The molecule has 2 heterocycles. The van der Waals surface area contributed by atoms with E-state index < -0.39 is 10.0 Å². The predicted octanol–water partition coefficient (Wildman–Crippen LogP) is 3.48. The molecule has 8 nitrogen and oxygen atoms in total. The third kappa shape index (κ3) is 5.54. The summed E-state index contributed by atoms with van der Waals surface area (Å²) in [7, 11) is -3.63. The fourth-order valence-corrected chi connectivity index (χ4v) is 4.53. The molecule has 4 rings (SSSR count). The van der Waals surface area contributed by atoms with Crippen molar-refractivity contribution in [3.8, 4) is 11.5 Å². The first-order chi connectivity index (χ1) is 15.5. The molecule has 1 aliphatic heterocycles. The maximum absolute atomic E-state index is 12.5. The molecule has 2 aromatic carbocycles. The molecule has 1 amide bonds. The number of sulfonamides is 1. The number of pyridine rings is 1. The number of nitrogens with zero attached hydrogens (tertiary/aromatic N) is 1. The molecule has 0 spiro atoms. The third-order valence-corrected chi connectivity index (χ3v) is 6.54. The van der Waals surface area contributed by atoms with Crippen LogP contribution < -0.4 is 19.5 Å². The van der Waals surface area contributed by atoms with Crippen molar-refractivity contribution in [1.82, 2.24) is 9.71 Å². The number of anilines is 1. The van der Waals surface area contributed by atoms with E-state index in [0.717, 1.165) is 23.0 Å². The number of carbonyl (C=O) groups is 1. The summed E-state index contributed by atoms with van der Waals surface area (Å²) in [6.07, 6.45) is 4.15. The van der Waals surface area contributed by atoms with Crippen LogP contribution in [0.5, 0.6) is 11.5 Å². The molecular formula is C23H25N3O5S. The number of rotatable bonds is 9. The second-order valence-corrected chi connectivity index (χ2v) is 9.24. The molecule has 3 aromatic rings. The Kier molecular flexibility index (Phi) is 6.87. The number of hydrogen-bond donors (Lipinski definition) is 2. The summed E-state index contributed by atoms with van der Waals surface area (Å²) in [5.74, 6) is 0.923. The van der Waals surface area contributed by atoms with Gasteiger partial charge in [0.1, 0.15) is 13.2 Å². The summed E-state index contributed by atoms with van der Waals surface area (Å²) in [5, 5.41) is 3.86.